The molecule has 1 aromatic carbocycles. The highest BCUT2D eigenvalue weighted by Crippen LogP contribution is 2.25. The Morgan fingerprint density at radius 3 is 2.71 bits per heavy atom. The van der Waals surface area contributed by atoms with E-state index in [1.807, 2.05) is 28.7 Å². The number of nitriles is 1. The van der Waals surface area contributed by atoms with E-state index in [-0.39, 0.29) is 0 Å². The molecule has 0 saturated heterocycles. The van der Waals surface area contributed by atoms with E-state index in [2.05, 4.69) is 0 Å². The summed E-state index contributed by atoms with van der Waals surface area (Å²) in [5.74, 6) is -0.0803. The van der Waals surface area contributed by atoms with Gasteiger partial charge in [-0.05, 0) is 34.7 Å². The quantitative estimate of drug-likeness (QED) is 0.836. The Kier molecular flexibility index (Phi) is 3.30. The summed E-state index contributed by atoms with van der Waals surface area (Å²) in [7, 11) is 1.48. The van der Waals surface area contributed by atoms with Gasteiger partial charge in [0.15, 0.2) is 0 Å². The number of methoxy groups -OCH3 is 1. The van der Waals surface area contributed by atoms with Gasteiger partial charge in [-0.15, -0.1) is 0 Å². The molecule has 1 amide bonds. The van der Waals surface area contributed by atoms with E-state index < -0.39 is 5.91 Å². The van der Waals surface area contributed by atoms with Crippen molar-refractivity contribution in [3.05, 3.63) is 26.8 Å². The minimum absolute atomic E-state index is 0.307. The van der Waals surface area contributed by atoms with Crippen molar-refractivity contribution in [2.75, 3.05) is 7.11 Å². The summed E-state index contributed by atoms with van der Waals surface area (Å²) in [5, 5.41) is 8.69. The summed E-state index contributed by atoms with van der Waals surface area (Å²) in [4.78, 5) is 11.0. The summed E-state index contributed by atoms with van der Waals surface area (Å²) in [6, 6.07) is 4.95. The summed E-state index contributed by atoms with van der Waals surface area (Å²) in [6.07, 6.45) is 0. The zero-order valence-electron chi connectivity index (χ0n) is 7.37. The van der Waals surface area contributed by atoms with Crippen molar-refractivity contribution in [3.63, 3.8) is 0 Å². The van der Waals surface area contributed by atoms with Crippen molar-refractivity contribution in [3.8, 4) is 11.8 Å². The van der Waals surface area contributed by atoms with Gasteiger partial charge in [-0.1, -0.05) is 0 Å². The molecule has 0 aliphatic carbocycles. The zero-order chi connectivity index (χ0) is 10.7. The van der Waals surface area contributed by atoms with Crippen LogP contribution in [0.4, 0.5) is 0 Å². The number of hydrogen-bond acceptors (Lipinski definition) is 3. The van der Waals surface area contributed by atoms with Crippen LogP contribution in [0.5, 0.6) is 5.75 Å². The molecule has 0 heterocycles. The lowest BCUT2D eigenvalue weighted by atomic mass is 10.1. The molecule has 4 nitrogen and oxygen atoms in total. The summed E-state index contributed by atoms with van der Waals surface area (Å²) < 4.78 is 5.63. The van der Waals surface area contributed by atoms with Crippen LogP contribution in [-0.2, 0) is 0 Å². The molecule has 0 fully saturated rings. The molecule has 5 heteroatoms. The van der Waals surface area contributed by atoms with E-state index in [1.165, 1.54) is 13.2 Å². The van der Waals surface area contributed by atoms with Crippen LogP contribution < -0.4 is 10.5 Å². The zero-order valence-corrected chi connectivity index (χ0v) is 9.53. The van der Waals surface area contributed by atoms with E-state index >= 15 is 0 Å². The predicted octanol–water partition coefficient (Wildman–Crippen LogP) is 1.27. The van der Waals surface area contributed by atoms with Crippen LogP contribution in [0.2, 0.25) is 0 Å². The lowest BCUT2D eigenvalue weighted by molar-refractivity contribution is 0.0999. The normalized spacial score (nSPS) is 9.21. The Labute approximate surface area is 94.8 Å². The van der Waals surface area contributed by atoms with Crippen molar-refractivity contribution < 1.29 is 9.53 Å². The summed E-state index contributed by atoms with van der Waals surface area (Å²) in [5.41, 5.74) is 5.82. The van der Waals surface area contributed by atoms with Gasteiger partial charge >= 0.3 is 0 Å². The average Bonchev–Trinajstić information content (AvgIpc) is 2.17. The number of hydrogen-bond donors (Lipinski definition) is 1. The van der Waals surface area contributed by atoms with Crippen LogP contribution >= 0.6 is 22.6 Å². The lowest BCUT2D eigenvalue weighted by Crippen LogP contribution is -2.13. The molecule has 0 aromatic heterocycles. The maximum absolute atomic E-state index is 11.0. The molecule has 2 N–H and O–H groups in total. The monoisotopic (exact) mass is 302 g/mol. The molecule has 0 bridgehead atoms. The fourth-order valence-electron chi connectivity index (χ4n) is 0.990. The molecule has 0 aliphatic rings. The summed E-state index contributed by atoms with van der Waals surface area (Å²) >= 11 is 1.95. The van der Waals surface area contributed by atoms with Crippen LogP contribution in [0.25, 0.3) is 0 Å². The third kappa shape index (κ3) is 1.96. The first kappa shape index (κ1) is 10.8. The van der Waals surface area contributed by atoms with Gasteiger partial charge in [0, 0.05) is 0 Å². The molecule has 0 unspecified atom stereocenters. The number of halogens is 1. The molecule has 0 atom stereocenters. The summed E-state index contributed by atoms with van der Waals surface area (Å²) in [6.45, 7) is 0. The van der Waals surface area contributed by atoms with E-state index in [9.17, 15) is 4.79 Å². The molecule has 1 aromatic rings. The van der Waals surface area contributed by atoms with E-state index in [0.29, 0.717) is 20.4 Å². The molecular formula is C9H7IN2O2. The van der Waals surface area contributed by atoms with Gasteiger partial charge < -0.3 is 10.5 Å². The Hall–Kier alpha value is -1.29. The second-order valence-corrected chi connectivity index (χ2v) is 3.59. The number of nitrogens with two attached hydrogens (primary N) is 1. The number of benzene rings is 1. The van der Waals surface area contributed by atoms with Crippen molar-refractivity contribution in [1.29, 1.82) is 5.26 Å². The first-order valence-electron chi connectivity index (χ1n) is 3.67. The molecular weight excluding hydrogens is 295 g/mol. The van der Waals surface area contributed by atoms with Gasteiger partial charge in [0.1, 0.15) is 5.75 Å². The second kappa shape index (κ2) is 4.28. The number of carbonyl (C=O) groups excluding carboxylic acids is 1. The lowest BCUT2D eigenvalue weighted by Gasteiger charge is -2.06. The van der Waals surface area contributed by atoms with Gasteiger partial charge in [-0.25, -0.2) is 0 Å². The standard InChI is InChI=1S/C9H7IN2O2/c1-14-7-3-5(4-11)2-6(8(7)10)9(12)13/h2-3H,1H3,(H2,12,13). The first-order chi connectivity index (χ1) is 6.60. The largest absolute Gasteiger partial charge is 0.496 e. The number of amides is 1. The van der Waals surface area contributed by atoms with Crippen molar-refractivity contribution in [2.24, 2.45) is 5.73 Å². The minimum Gasteiger partial charge on any atom is -0.496 e. The molecule has 14 heavy (non-hydrogen) atoms. The minimum atomic E-state index is -0.565. The third-order valence-electron chi connectivity index (χ3n) is 1.65. The van der Waals surface area contributed by atoms with E-state index in [1.54, 1.807) is 6.07 Å². The third-order valence-corrected chi connectivity index (χ3v) is 2.77. The van der Waals surface area contributed by atoms with E-state index in [0.717, 1.165) is 0 Å². The number of rotatable bonds is 2. The fourth-order valence-corrected chi connectivity index (χ4v) is 1.79. The van der Waals surface area contributed by atoms with Gasteiger partial charge in [-0.3, -0.25) is 4.79 Å². The Morgan fingerprint density at radius 2 is 2.29 bits per heavy atom. The molecule has 0 saturated carbocycles. The van der Waals surface area contributed by atoms with Gasteiger partial charge in [-0.2, -0.15) is 5.26 Å². The molecule has 0 spiro atoms. The predicted molar refractivity (Wildman–Crippen MR) is 58.9 cm³/mol. The number of nitrogens with zero attached hydrogens (tertiary/aromatic N) is 1. The Balaban J connectivity index is 3.44. The van der Waals surface area contributed by atoms with Crippen LogP contribution in [0, 0.1) is 14.9 Å². The second-order valence-electron chi connectivity index (χ2n) is 2.52. The smallest absolute Gasteiger partial charge is 0.249 e. The first-order valence-corrected chi connectivity index (χ1v) is 4.75. The number of primary amides is 1. The maximum Gasteiger partial charge on any atom is 0.249 e. The van der Waals surface area contributed by atoms with Crippen molar-refractivity contribution >= 4 is 28.5 Å². The highest BCUT2D eigenvalue weighted by Gasteiger charge is 2.12. The van der Waals surface area contributed by atoms with Crippen LogP contribution in [-0.4, -0.2) is 13.0 Å². The van der Waals surface area contributed by atoms with Gasteiger partial charge in [0.05, 0.1) is 27.9 Å². The molecule has 1 rings (SSSR count). The molecule has 72 valence electrons. The highest BCUT2D eigenvalue weighted by molar-refractivity contribution is 14.1. The average molecular weight is 302 g/mol. The van der Waals surface area contributed by atoms with E-state index in [4.69, 9.17) is 15.7 Å². The maximum atomic E-state index is 11.0. The van der Waals surface area contributed by atoms with Crippen molar-refractivity contribution in [1.82, 2.24) is 0 Å². The molecule has 0 aliphatic heterocycles. The van der Waals surface area contributed by atoms with Crippen LogP contribution in [0.1, 0.15) is 15.9 Å². The molecule has 0 radical (unpaired) electrons. The van der Waals surface area contributed by atoms with Crippen LogP contribution in [0.15, 0.2) is 12.1 Å². The van der Waals surface area contributed by atoms with Gasteiger partial charge in [0.2, 0.25) is 5.91 Å². The number of carbonyl (C=O) groups is 1. The Morgan fingerprint density at radius 1 is 1.64 bits per heavy atom. The fraction of sp³-hybridized carbons (Fsp3) is 0.111. The van der Waals surface area contributed by atoms with Crippen molar-refractivity contribution in [2.45, 2.75) is 0 Å². The SMILES string of the molecule is COc1cc(C#N)cc(C(N)=O)c1I. The highest BCUT2D eigenvalue weighted by atomic mass is 127. The topological polar surface area (TPSA) is 76.1 Å². The van der Waals surface area contributed by atoms with Crippen LogP contribution in [0.3, 0.4) is 0 Å². The Bertz CT molecular complexity index is 424. The number of ether oxygens (including phenoxy) is 1. The van der Waals surface area contributed by atoms with Gasteiger partial charge in [0.25, 0.3) is 0 Å².